The third kappa shape index (κ3) is 2.35. The number of aromatic nitrogens is 1. The molecule has 2 aromatic rings. The van der Waals surface area contributed by atoms with E-state index in [9.17, 15) is 4.79 Å². The predicted molar refractivity (Wildman–Crippen MR) is 72.1 cm³/mol. The van der Waals surface area contributed by atoms with Crippen molar-refractivity contribution in [3.63, 3.8) is 0 Å². The van der Waals surface area contributed by atoms with Crippen molar-refractivity contribution < 1.29 is 9.53 Å². The highest BCUT2D eigenvalue weighted by Crippen LogP contribution is 2.29. The Morgan fingerprint density at radius 2 is 2.11 bits per heavy atom. The number of rotatable bonds is 2. The van der Waals surface area contributed by atoms with Crippen LogP contribution in [0.2, 0.25) is 10.0 Å². The summed E-state index contributed by atoms with van der Waals surface area (Å²) >= 11 is 11.9. The molecule has 0 saturated carbocycles. The number of nitrogen functional groups attached to an aromatic ring is 1. The maximum atomic E-state index is 11.7. The molecule has 1 aromatic heterocycles. The number of nitrogens with zero attached hydrogens (tertiary/aromatic N) is 1. The van der Waals surface area contributed by atoms with Gasteiger partial charge in [-0.15, -0.1) is 0 Å². The first-order valence-electron chi connectivity index (χ1n) is 5.25. The summed E-state index contributed by atoms with van der Waals surface area (Å²) < 4.78 is 4.87. The summed E-state index contributed by atoms with van der Waals surface area (Å²) in [6.07, 6.45) is 0. The first-order valence-corrected chi connectivity index (χ1v) is 6.01. The number of halogens is 2. The van der Waals surface area contributed by atoms with Gasteiger partial charge in [-0.3, -0.25) is 0 Å². The van der Waals surface area contributed by atoms with E-state index in [1.807, 2.05) is 0 Å². The van der Waals surface area contributed by atoms with Gasteiger partial charge in [0.05, 0.1) is 22.8 Å². The van der Waals surface area contributed by atoms with Crippen molar-refractivity contribution in [2.24, 2.45) is 0 Å². The molecule has 4 nitrogen and oxygen atoms in total. The van der Waals surface area contributed by atoms with E-state index < -0.39 is 5.97 Å². The maximum absolute atomic E-state index is 11.7. The number of hydrogen-bond donors (Lipinski definition) is 1. The van der Waals surface area contributed by atoms with Crippen LogP contribution in [0.3, 0.4) is 0 Å². The van der Waals surface area contributed by atoms with Crippen LogP contribution >= 0.6 is 23.2 Å². The molecule has 6 heteroatoms. The highest BCUT2D eigenvalue weighted by Gasteiger charge is 2.15. The van der Waals surface area contributed by atoms with Crippen molar-refractivity contribution >= 4 is 45.8 Å². The van der Waals surface area contributed by atoms with Crippen LogP contribution in [-0.4, -0.2) is 17.6 Å². The normalized spacial score (nSPS) is 10.6. The zero-order valence-corrected chi connectivity index (χ0v) is 11.0. The molecule has 0 unspecified atom stereocenters. The van der Waals surface area contributed by atoms with Crippen molar-refractivity contribution in [3.05, 3.63) is 33.9 Å². The minimum absolute atomic E-state index is 0.0635. The van der Waals surface area contributed by atoms with Crippen molar-refractivity contribution in [2.75, 3.05) is 12.3 Å². The van der Waals surface area contributed by atoms with Crippen LogP contribution in [0.15, 0.2) is 18.2 Å². The van der Waals surface area contributed by atoms with Crippen LogP contribution in [0.4, 0.5) is 5.69 Å². The molecule has 0 amide bonds. The standard InChI is InChI=1S/C12H10Cl2N2O2/c1-2-18-12(17)11-9(15)4-6-3-7(13)5-8(14)10(6)16-11/h3-5H,2,15H2,1H3. The number of anilines is 1. The second kappa shape index (κ2) is 5.00. The second-order valence-electron chi connectivity index (χ2n) is 3.61. The summed E-state index contributed by atoms with van der Waals surface area (Å²) in [7, 11) is 0. The average molecular weight is 285 g/mol. The summed E-state index contributed by atoms with van der Waals surface area (Å²) in [6.45, 7) is 1.97. The Morgan fingerprint density at radius 3 is 2.78 bits per heavy atom. The molecule has 1 heterocycles. The van der Waals surface area contributed by atoms with E-state index in [1.54, 1.807) is 25.1 Å². The van der Waals surface area contributed by atoms with Crippen LogP contribution < -0.4 is 5.73 Å². The fraction of sp³-hybridized carbons (Fsp3) is 0.167. The quantitative estimate of drug-likeness (QED) is 0.860. The number of carbonyl (C=O) groups excluding carboxylic acids is 1. The lowest BCUT2D eigenvalue weighted by Gasteiger charge is -2.07. The Morgan fingerprint density at radius 1 is 1.39 bits per heavy atom. The number of ether oxygens (including phenoxy) is 1. The van der Waals surface area contributed by atoms with E-state index in [1.165, 1.54) is 0 Å². The molecule has 2 rings (SSSR count). The molecular formula is C12H10Cl2N2O2. The molecule has 0 saturated heterocycles. The van der Waals surface area contributed by atoms with Gasteiger partial charge >= 0.3 is 5.97 Å². The van der Waals surface area contributed by atoms with Crippen LogP contribution in [0.25, 0.3) is 10.9 Å². The second-order valence-corrected chi connectivity index (χ2v) is 4.45. The van der Waals surface area contributed by atoms with Crippen molar-refractivity contribution in [1.82, 2.24) is 4.98 Å². The Kier molecular flexibility index (Phi) is 3.59. The first-order chi connectivity index (χ1) is 8.52. The van der Waals surface area contributed by atoms with E-state index >= 15 is 0 Å². The smallest absolute Gasteiger partial charge is 0.359 e. The Balaban J connectivity index is 2.64. The highest BCUT2D eigenvalue weighted by molar-refractivity contribution is 6.38. The molecule has 0 aliphatic carbocycles. The minimum Gasteiger partial charge on any atom is -0.461 e. The van der Waals surface area contributed by atoms with E-state index in [0.717, 1.165) is 0 Å². The molecule has 0 fully saturated rings. The summed E-state index contributed by atoms with van der Waals surface area (Å²) in [5.41, 5.74) is 6.54. The Bertz CT molecular complexity index is 629. The lowest BCUT2D eigenvalue weighted by Crippen LogP contribution is -2.10. The number of hydrogen-bond acceptors (Lipinski definition) is 4. The molecule has 94 valence electrons. The summed E-state index contributed by atoms with van der Waals surface area (Å²) in [5, 5.41) is 1.53. The lowest BCUT2D eigenvalue weighted by molar-refractivity contribution is 0.0521. The van der Waals surface area contributed by atoms with Gasteiger partial charge in [-0.25, -0.2) is 9.78 Å². The Hall–Kier alpha value is -1.52. The van der Waals surface area contributed by atoms with Crippen molar-refractivity contribution in [2.45, 2.75) is 6.92 Å². The van der Waals surface area contributed by atoms with Crippen LogP contribution in [0, 0.1) is 0 Å². The largest absolute Gasteiger partial charge is 0.461 e. The molecular weight excluding hydrogens is 275 g/mol. The van der Waals surface area contributed by atoms with Gasteiger partial charge < -0.3 is 10.5 Å². The first kappa shape index (κ1) is 12.9. The monoisotopic (exact) mass is 284 g/mol. The maximum Gasteiger partial charge on any atom is 0.359 e. The molecule has 0 radical (unpaired) electrons. The zero-order chi connectivity index (χ0) is 13.3. The fourth-order valence-corrected chi connectivity index (χ4v) is 2.14. The fourth-order valence-electron chi connectivity index (χ4n) is 1.59. The molecule has 0 spiro atoms. The van der Waals surface area contributed by atoms with Crippen molar-refractivity contribution in [3.8, 4) is 0 Å². The third-order valence-electron chi connectivity index (χ3n) is 2.33. The van der Waals surface area contributed by atoms with Crippen LogP contribution in [0.5, 0.6) is 0 Å². The topological polar surface area (TPSA) is 65.2 Å². The predicted octanol–water partition coefficient (Wildman–Crippen LogP) is 3.30. The van der Waals surface area contributed by atoms with Gasteiger partial charge in [-0.2, -0.15) is 0 Å². The van der Waals surface area contributed by atoms with Gasteiger partial charge in [0, 0.05) is 10.4 Å². The number of pyridine rings is 1. The van der Waals surface area contributed by atoms with Gasteiger partial charge in [0.2, 0.25) is 0 Å². The van der Waals surface area contributed by atoms with E-state index in [4.69, 9.17) is 33.7 Å². The Labute approximate surface area is 114 Å². The van der Waals surface area contributed by atoms with E-state index in [2.05, 4.69) is 4.98 Å². The van der Waals surface area contributed by atoms with E-state index in [-0.39, 0.29) is 18.0 Å². The summed E-state index contributed by atoms with van der Waals surface area (Å²) in [5.74, 6) is -0.567. The zero-order valence-electron chi connectivity index (χ0n) is 9.54. The highest BCUT2D eigenvalue weighted by atomic mass is 35.5. The van der Waals surface area contributed by atoms with Gasteiger partial charge in [0.15, 0.2) is 5.69 Å². The van der Waals surface area contributed by atoms with E-state index in [0.29, 0.717) is 20.9 Å². The van der Waals surface area contributed by atoms with Gasteiger partial charge in [-0.05, 0) is 25.1 Å². The third-order valence-corrected chi connectivity index (χ3v) is 2.84. The van der Waals surface area contributed by atoms with Gasteiger partial charge in [0.25, 0.3) is 0 Å². The molecule has 0 bridgehead atoms. The average Bonchev–Trinajstić information content (AvgIpc) is 2.27. The van der Waals surface area contributed by atoms with Crippen molar-refractivity contribution in [1.29, 1.82) is 0 Å². The molecule has 18 heavy (non-hydrogen) atoms. The number of esters is 1. The number of nitrogens with two attached hydrogens (primary N) is 1. The number of carbonyl (C=O) groups is 1. The number of benzene rings is 1. The molecule has 0 aliphatic rings. The molecule has 1 aromatic carbocycles. The van der Waals surface area contributed by atoms with Crippen LogP contribution in [0.1, 0.15) is 17.4 Å². The lowest BCUT2D eigenvalue weighted by atomic mass is 10.1. The molecule has 0 atom stereocenters. The SMILES string of the molecule is CCOC(=O)c1nc2c(Cl)cc(Cl)cc2cc1N. The minimum atomic E-state index is -0.567. The van der Waals surface area contributed by atoms with Gasteiger partial charge in [-0.1, -0.05) is 23.2 Å². The summed E-state index contributed by atoms with van der Waals surface area (Å²) in [6, 6.07) is 4.84. The molecule has 0 aliphatic heterocycles. The molecule has 2 N–H and O–H groups in total. The number of fused-ring (bicyclic) bond motifs is 1. The summed E-state index contributed by atoms with van der Waals surface area (Å²) in [4.78, 5) is 15.8. The van der Waals surface area contributed by atoms with Gasteiger partial charge in [0.1, 0.15) is 0 Å². The van der Waals surface area contributed by atoms with Crippen LogP contribution in [-0.2, 0) is 4.74 Å².